The molecule has 2 nitrogen and oxygen atoms in total. The average Bonchev–Trinajstić information content (AvgIpc) is 2.44. The molecule has 1 heterocycles. The third-order valence-corrected chi connectivity index (χ3v) is 5.40. The zero-order chi connectivity index (χ0) is 15.3. The largest absolute Gasteiger partial charge is 0.381 e. The first-order valence-electron chi connectivity index (χ1n) is 8.29. The maximum Gasteiger partial charge on any atom is 0.0693 e. The highest BCUT2D eigenvalue weighted by atomic mass is 16.5. The zero-order valence-corrected chi connectivity index (χ0v) is 14.1. The molecule has 2 aliphatic rings. The summed E-state index contributed by atoms with van der Waals surface area (Å²) in [6.07, 6.45) is 2.95. The van der Waals surface area contributed by atoms with E-state index in [0.29, 0.717) is 18.1 Å². The van der Waals surface area contributed by atoms with E-state index in [9.17, 15) is 0 Å². The molecule has 1 aromatic rings. The second-order valence-electron chi connectivity index (χ2n) is 8.37. The predicted octanol–water partition coefficient (Wildman–Crippen LogP) is 4.60. The van der Waals surface area contributed by atoms with Gasteiger partial charge in [0.25, 0.3) is 0 Å². The van der Waals surface area contributed by atoms with Crippen LogP contribution in [0.1, 0.15) is 53.0 Å². The molecule has 0 spiro atoms. The molecule has 0 aromatic heterocycles. The highest BCUT2D eigenvalue weighted by molar-refractivity contribution is 5.48. The number of fused-ring (bicyclic) bond motifs is 1. The Balaban J connectivity index is 1.72. The normalized spacial score (nSPS) is 31.2. The van der Waals surface area contributed by atoms with E-state index in [2.05, 4.69) is 64.2 Å². The van der Waals surface area contributed by atoms with Crippen molar-refractivity contribution in [3.05, 3.63) is 29.8 Å². The van der Waals surface area contributed by atoms with Gasteiger partial charge in [0.15, 0.2) is 0 Å². The van der Waals surface area contributed by atoms with Crippen LogP contribution in [-0.2, 0) is 10.2 Å². The van der Waals surface area contributed by atoms with Crippen LogP contribution in [0.5, 0.6) is 0 Å². The van der Waals surface area contributed by atoms with Crippen LogP contribution in [0.3, 0.4) is 0 Å². The van der Waals surface area contributed by atoms with E-state index in [4.69, 9.17) is 4.74 Å². The van der Waals surface area contributed by atoms with Crippen LogP contribution >= 0.6 is 0 Å². The highest BCUT2D eigenvalue weighted by Gasteiger charge is 2.57. The van der Waals surface area contributed by atoms with Crippen molar-refractivity contribution >= 4 is 5.69 Å². The maximum absolute atomic E-state index is 5.98. The lowest BCUT2D eigenvalue weighted by Crippen LogP contribution is -2.67. The van der Waals surface area contributed by atoms with Gasteiger partial charge in [0.05, 0.1) is 6.10 Å². The fourth-order valence-electron chi connectivity index (χ4n) is 4.06. The molecular weight excluding hydrogens is 258 g/mol. The number of rotatable bonds is 2. The van der Waals surface area contributed by atoms with Crippen LogP contribution in [-0.4, -0.2) is 18.8 Å². The molecule has 0 bridgehead atoms. The molecule has 3 atom stereocenters. The topological polar surface area (TPSA) is 21.3 Å². The van der Waals surface area contributed by atoms with E-state index in [-0.39, 0.29) is 10.8 Å². The minimum Gasteiger partial charge on any atom is -0.381 e. The molecule has 3 unspecified atom stereocenters. The molecule has 116 valence electrons. The van der Waals surface area contributed by atoms with Gasteiger partial charge in [-0.05, 0) is 36.0 Å². The van der Waals surface area contributed by atoms with Crippen molar-refractivity contribution < 1.29 is 4.74 Å². The van der Waals surface area contributed by atoms with Crippen molar-refractivity contribution in [1.82, 2.24) is 0 Å². The van der Waals surface area contributed by atoms with Crippen LogP contribution in [0.4, 0.5) is 5.69 Å². The van der Waals surface area contributed by atoms with Crippen LogP contribution < -0.4 is 5.32 Å². The van der Waals surface area contributed by atoms with E-state index in [1.807, 2.05) is 0 Å². The first-order chi connectivity index (χ1) is 9.80. The first kappa shape index (κ1) is 14.9. The van der Waals surface area contributed by atoms with Gasteiger partial charge in [-0.3, -0.25) is 0 Å². The van der Waals surface area contributed by atoms with Gasteiger partial charge < -0.3 is 10.1 Å². The van der Waals surface area contributed by atoms with E-state index in [1.165, 1.54) is 24.1 Å². The van der Waals surface area contributed by atoms with Gasteiger partial charge in [-0.15, -0.1) is 0 Å². The summed E-state index contributed by atoms with van der Waals surface area (Å²) >= 11 is 0. The lowest BCUT2D eigenvalue weighted by atomic mass is 9.55. The fraction of sp³-hybridized carbons (Fsp3) is 0.684. The molecule has 1 saturated heterocycles. The lowest BCUT2D eigenvalue weighted by molar-refractivity contribution is -0.177. The van der Waals surface area contributed by atoms with E-state index >= 15 is 0 Å². The van der Waals surface area contributed by atoms with Gasteiger partial charge in [-0.25, -0.2) is 0 Å². The van der Waals surface area contributed by atoms with Gasteiger partial charge in [-0.2, -0.15) is 0 Å². The van der Waals surface area contributed by atoms with Gasteiger partial charge in [0.2, 0.25) is 0 Å². The predicted molar refractivity (Wildman–Crippen MR) is 88.8 cm³/mol. The molecule has 21 heavy (non-hydrogen) atoms. The minimum atomic E-state index is 0.219. The Hall–Kier alpha value is -1.02. The summed E-state index contributed by atoms with van der Waals surface area (Å²) in [5.41, 5.74) is 3.08. The van der Waals surface area contributed by atoms with Gasteiger partial charge >= 0.3 is 0 Å². The first-order valence-corrected chi connectivity index (χ1v) is 8.29. The second-order valence-corrected chi connectivity index (χ2v) is 8.37. The van der Waals surface area contributed by atoms with Crippen LogP contribution in [0.15, 0.2) is 24.3 Å². The summed E-state index contributed by atoms with van der Waals surface area (Å²) in [4.78, 5) is 0. The Labute approximate surface area is 129 Å². The number of hydrogen-bond acceptors (Lipinski definition) is 2. The monoisotopic (exact) mass is 287 g/mol. The molecular formula is C19H29NO. The number of nitrogens with one attached hydrogen (secondary N) is 1. The summed E-state index contributed by atoms with van der Waals surface area (Å²) in [5, 5.41) is 3.77. The van der Waals surface area contributed by atoms with Gasteiger partial charge in [0.1, 0.15) is 0 Å². The van der Waals surface area contributed by atoms with Crippen LogP contribution in [0, 0.1) is 11.3 Å². The number of hydrogen-bond donors (Lipinski definition) is 1. The summed E-state index contributed by atoms with van der Waals surface area (Å²) < 4.78 is 5.98. The molecule has 1 aliphatic heterocycles. The molecule has 2 heteroatoms. The average molecular weight is 287 g/mol. The minimum absolute atomic E-state index is 0.219. The molecule has 0 amide bonds. The smallest absolute Gasteiger partial charge is 0.0693 e. The van der Waals surface area contributed by atoms with Crippen molar-refractivity contribution in [3.63, 3.8) is 0 Å². The molecule has 2 fully saturated rings. The molecule has 0 radical (unpaired) electrons. The maximum atomic E-state index is 5.98. The number of ether oxygens (including phenoxy) is 1. The number of anilines is 1. The Morgan fingerprint density at radius 1 is 1.14 bits per heavy atom. The quantitative estimate of drug-likeness (QED) is 0.858. The molecule has 1 N–H and O–H groups in total. The van der Waals surface area contributed by atoms with Crippen LogP contribution in [0.2, 0.25) is 0 Å². The standard InChI is InChI=1S/C19H29NO/c1-18(2,3)13-8-10-14(11-9-13)20-16-15-7-6-12-21-17(15)19(16,4)5/h8-11,15-17,20H,6-7,12H2,1-5H3. The Kier molecular flexibility index (Phi) is 3.56. The van der Waals surface area contributed by atoms with Crippen molar-refractivity contribution in [2.45, 2.75) is 65.0 Å². The second kappa shape index (κ2) is 5.01. The van der Waals surface area contributed by atoms with Crippen molar-refractivity contribution in [2.24, 2.45) is 11.3 Å². The van der Waals surface area contributed by atoms with Crippen molar-refractivity contribution in [2.75, 3.05) is 11.9 Å². The highest BCUT2D eigenvalue weighted by Crippen LogP contribution is 2.52. The molecule has 1 aliphatic carbocycles. The van der Waals surface area contributed by atoms with E-state index in [1.54, 1.807) is 0 Å². The molecule has 3 rings (SSSR count). The Morgan fingerprint density at radius 2 is 1.81 bits per heavy atom. The summed E-state index contributed by atoms with van der Waals surface area (Å²) in [6, 6.07) is 9.50. The molecule has 1 saturated carbocycles. The SMILES string of the molecule is CC(C)(C)c1ccc(NC2C3CCCOC3C2(C)C)cc1. The zero-order valence-electron chi connectivity index (χ0n) is 14.1. The van der Waals surface area contributed by atoms with Crippen molar-refractivity contribution in [1.29, 1.82) is 0 Å². The third-order valence-electron chi connectivity index (χ3n) is 5.40. The van der Waals surface area contributed by atoms with E-state index in [0.717, 1.165) is 6.61 Å². The molecule has 1 aromatic carbocycles. The summed E-state index contributed by atoms with van der Waals surface area (Å²) in [7, 11) is 0. The Bertz CT molecular complexity index is 497. The third kappa shape index (κ3) is 2.59. The number of benzene rings is 1. The van der Waals surface area contributed by atoms with E-state index < -0.39 is 0 Å². The summed E-state index contributed by atoms with van der Waals surface area (Å²) in [6.45, 7) is 12.4. The van der Waals surface area contributed by atoms with Gasteiger partial charge in [-0.1, -0.05) is 46.8 Å². The van der Waals surface area contributed by atoms with Crippen molar-refractivity contribution in [3.8, 4) is 0 Å². The van der Waals surface area contributed by atoms with Gasteiger partial charge in [0, 0.05) is 29.7 Å². The van der Waals surface area contributed by atoms with Crippen LogP contribution in [0.25, 0.3) is 0 Å². The Morgan fingerprint density at radius 3 is 2.43 bits per heavy atom. The lowest BCUT2D eigenvalue weighted by Gasteiger charge is -2.60. The fourth-order valence-corrected chi connectivity index (χ4v) is 4.06. The summed E-state index contributed by atoms with van der Waals surface area (Å²) in [5.74, 6) is 0.677.